The Morgan fingerprint density at radius 2 is 1.95 bits per heavy atom. The molecule has 0 aliphatic rings. The van der Waals surface area contributed by atoms with E-state index in [0.717, 1.165) is 14.7 Å². The van der Waals surface area contributed by atoms with Gasteiger partial charge in [-0.2, -0.15) is 5.10 Å². The second-order valence-electron chi connectivity index (χ2n) is 4.12. The first-order chi connectivity index (χ1) is 9.15. The maximum absolute atomic E-state index is 11.8. The first kappa shape index (κ1) is 13.7. The second kappa shape index (κ2) is 6.47. The van der Waals surface area contributed by atoms with Crippen LogP contribution in [0.25, 0.3) is 0 Å². The molecule has 0 saturated heterocycles. The Hall–Kier alpha value is -1.69. The number of hydrazone groups is 1. The van der Waals surface area contributed by atoms with Crippen LogP contribution in [0.2, 0.25) is 0 Å². The van der Waals surface area contributed by atoms with Gasteiger partial charge in [-0.05, 0) is 59.3 Å². The molecule has 2 aromatic rings. The van der Waals surface area contributed by atoms with E-state index in [2.05, 4.69) is 33.1 Å². The van der Waals surface area contributed by atoms with Crippen molar-refractivity contribution < 1.29 is 4.79 Å². The third kappa shape index (κ3) is 4.17. The molecule has 96 valence electrons. The highest BCUT2D eigenvalue weighted by atomic mass is 127. The molecule has 0 aromatic heterocycles. The number of benzene rings is 2. The van der Waals surface area contributed by atoms with Gasteiger partial charge >= 0.3 is 0 Å². The summed E-state index contributed by atoms with van der Waals surface area (Å²) < 4.78 is 1.13. The van der Waals surface area contributed by atoms with Gasteiger partial charge in [0.25, 0.3) is 5.91 Å². The summed E-state index contributed by atoms with van der Waals surface area (Å²) in [4.78, 5) is 11.8. The Labute approximate surface area is 125 Å². The molecule has 3 nitrogen and oxygen atoms in total. The van der Waals surface area contributed by atoms with Crippen LogP contribution in [-0.2, 0) is 0 Å². The Morgan fingerprint density at radius 1 is 1.21 bits per heavy atom. The smallest absolute Gasteiger partial charge is 0.267 e. The molecular formula is C15H13IN2O. The normalized spacial score (nSPS) is 10.6. The molecule has 0 atom stereocenters. The largest absolute Gasteiger partial charge is 0.271 e. The second-order valence-corrected chi connectivity index (χ2v) is 5.37. The number of carbonyl (C=O) groups excluding carboxylic acids is 1. The topological polar surface area (TPSA) is 41.5 Å². The van der Waals surface area contributed by atoms with Crippen molar-refractivity contribution in [1.82, 2.24) is 5.43 Å². The van der Waals surface area contributed by atoms with E-state index in [0.29, 0.717) is 5.56 Å². The van der Waals surface area contributed by atoms with Crippen molar-refractivity contribution in [2.24, 2.45) is 5.10 Å². The SMILES string of the molecule is Cc1ccc(C(=O)N/N=C/c2cccc(I)c2)cc1. The van der Waals surface area contributed by atoms with Gasteiger partial charge in [0.1, 0.15) is 0 Å². The summed E-state index contributed by atoms with van der Waals surface area (Å²) in [6, 6.07) is 15.2. The molecule has 19 heavy (non-hydrogen) atoms. The number of nitrogens with zero attached hydrogens (tertiary/aromatic N) is 1. The molecule has 0 spiro atoms. The fourth-order valence-electron chi connectivity index (χ4n) is 1.52. The number of carbonyl (C=O) groups is 1. The number of hydrogen-bond acceptors (Lipinski definition) is 2. The third-order valence-electron chi connectivity index (χ3n) is 2.54. The van der Waals surface area contributed by atoms with E-state index in [4.69, 9.17) is 0 Å². The first-order valence-electron chi connectivity index (χ1n) is 5.81. The van der Waals surface area contributed by atoms with E-state index in [1.807, 2.05) is 43.3 Å². The third-order valence-corrected chi connectivity index (χ3v) is 3.21. The highest BCUT2D eigenvalue weighted by Crippen LogP contribution is 2.06. The molecule has 0 bridgehead atoms. The summed E-state index contributed by atoms with van der Waals surface area (Å²) in [5, 5.41) is 3.95. The number of aryl methyl sites for hydroxylation is 1. The van der Waals surface area contributed by atoms with Crippen LogP contribution in [0, 0.1) is 10.5 Å². The monoisotopic (exact) mass is 364 g/mol. The summed E-state index contributed by atoms with van der Waals surface area (Å²) in [6.07, 6.45) is 1.63. The summed E-state index contributed by atoms with van der Waals surface area (Å²) in [5.74, 6) is -0.207. The van der Waals surface area contributed by atoms with E-state index in [1.165, 1.54) is 0 Å². The lowest BCUT2D eigenvalue weighted by atomic mass is 10.1. The lowest BCUT2D eigenvalue weighted by Crippen LogP contribution is -2.17. The van der Waals surface area contributed by atoms with Crippen molar-refractivity contribution in [3.63, 3.8) is 0 Å². The van der Waals surface area contributed by atoms with Gasteiger partial charge < -0.3 is 0 Å². The molecule has 1 N–H and O–H groups in total. The number of hydrogen-bond donors (Lipinski definition) is 1. The van der Waals surface area contributed by atoms with Gasteiger partial charge in [0.2, 0.25) is 0 Å². The van der Waals surface area contributed by atoms with E-state index in [9.17, 15) is 4.79 Å². The van der Waals surface area contributed by atoms with Gasteiger partial charge in [0.05, 0.1) is 6.21 Å². The molecule has 0 aliphatic carbocycles. The number of amides is 1. The predicted molar refractivity (Wildman–Crippen MR) is 85.4 cm³/mol. The highest BCUT2D eigenvalue weighted by molar-refractivity contribution is 14.1. The van der Waals surface area contributed by atoms with Gasteiger partial charge in [-0.3, -0.25) is 4.79 Å². The molecule has 0 saturated carbocycles. The van der Waals surface area contributed by atoms with Crippen LogP contribution in [0.15, 0.2) is 53.6 Å². The van der Waals surface area contributed by atoms with Crippen molar-refractivity contribution in [1.29, 1.82) is 0 Å². The Balaban J connectivity index is 1.98. The van der Waals surface area contributed by atoms with E-state index < -0.39 is 0 Å². The molecular weight excluding hydrogens is 351 g/mol. The zero-order valence-electron chi connectivity index (χ0n) is 10.4. The lowest BCUT2D eigenvalue weighted by molar-refractivity contribution is 0.0955. The molecule has 0 heterocycles. The van der Waals surface area contributed by atoms with Crippen molar-refractivity contribution in [3.05, 3.63) is 68.8 Å². The van der Waals surface area contributed by atoms with Crippen LogP contribution < -0.4 is 5.43 Å². The van der Waals surface area contributed by atoms with Crippen LogP contribution >= 0.6 is 22.6 Å². The Kier molecular flexibility index (Phi) is 4.68. The van der Waals surface area contributed by atoms with Crippen LogP contribution in [0.5, 0.6) is 0 Å². The minimum atomic E-state index is -0.207. The molecule has 4 heteroatoms. The van der Waals surface area contributed by atoms with E-state index >= 15 is 0 Å². The predicted octanol–water partition coefficient (Wildman–Crippen LogP) is 3.36. The van der Waals surface area contributed by atoms with Crippen LogP contribution in [-0.4, -0.2) is 12.1 Å². The van der Waals surface area contributed by atoms with E-state index in [1.54, 1.807) is 18.3 Å². The van der Waals surface area contributed by atoms with Gasteiger partial charge in [0.15, 0.2) is 0 Å². The number of halogens is 1. The average Bonchev–Trinajstić information content (AvgIpc) is 2.39. The molecule has 2 rings (SSSR count). The first-order valence-corrected chi connectivity index (χ1v) is 6.89. The minimum absolute atomic E-state index is 0.207. The van der Waals surface area contributed by atoms with Crippen molar-refractivity contribution in [3.8, 4) is 0 Å². The zero-order valence-corrected chi connectivity index (χ0v) is 12.6. The lowest BCUT2D eigenvalue weighted by Gasteiger charge is -2.00. The summed E-state index contributed by atoms with van der Waals surface area (Å²) in [5.41, 5.74) is 5.20. The fraction of sp³-hybridized carbons (Fsp3) is 0.0667. The fourth-order valence-corrected chi connectivity index (χ4v) is 2.09. The van der Waals surface area contributed by atoms with Crippen LogP contribution in [0.4, 0.5) is 0 Å². The molecule has 1 amide bonds. The van der Waals surface area contributed by atoms with E-state index in [-0.39, 0.29) is 5.91 Å². The van der Waals surface area contributed by atoms with Gasteiger partial charge in [-0.15, -0.1) is 0 Å². The quantitative estimate of drug-likeness (QED) is 0.507. The molecule has 0 fully saturated rings. The Bertz CT molecular complexity index is 606. The van der Waals surface area contributed by atoms with Gasteiger partial charge in [0, 0.05) is 9.13 Å². The summed E-state index contributed by atoms with van der Waals surface area (Å²) in [7, 11) is 0. The number of nitrogens with one attached hydrogen (secondary N) is 1. The molecule has 0 aliphatic heterocycles. The maximum atomic E-state index is 11.8. The Morgan fingerprint density at radius 3 is 2.63 bits per heavy atom. The van der Waals surface area contributed by atoms with Crippen molar-refractivity contribution >= 4 is 34.7 Å². The molecule has 2 aromatic carbocycles. The molecule has 0 radical (unpaired) electrons. The molecule has 0 unspecified atom stereocenters. The zero-order chi connectivity index (χ0) is 13.7. The summed E-state index contributed by atoms with van der Waals surface area (Å²) >= 11 is 2.23. The van der Waals surface area contributed by atoms with Crippen LogP contribution in [0.1, 0.15) is 21.5 Å². The van der Waals surface area contributed by atoms with Crippen molar-refractivity contribution in [2.45, 2.75) is 6.92 Å². The van der Waals surface area contributed by atoms with Gasteiger partial charge in [-0.1, -0.05) is 29.8 Å². The minimum Gasteiger partial charge on any atom is -0.267 e. The average molecular weight is 364 g/mol. The maximum Gasteiger partial charge on any atom is 0.271 e. The standard InChI is InChI=1S/C15H13IN2O/c1-11-5-7-13(8-6-11)15(19)18-17-10-12-3-2-4-14(16)9-12/h2-10H,1H3,(H,18,19)/b17-10+. The number of rotatable bonds is 3. The summed E-state index contributed by atoms with van der Waals surface area (Å²) in [6.45, 7) is 1.98. The van der Waals surface area contributed by atoms with Crippen molar-refractivity contribution in [2.75, 3.05) is 0 Å². The highest BCUT2D eigenvalue weighted by Gasteiger charge is 2.02. The van der Waals surface area contributed by atoms with Crippen LogP contribution in [0.3, 0.4) is 0 Å². The van der Waals surface area contributed by atoms with Gasteiger partial charge in [-0.25, -0.2) is 5.43 Å².